The molecule has 0 saturated carbocycles. The molecule has 1 fully saturated rings. The SMILES string of the molecule is NC(N)=Nc1ccc(S(=O)(=O)N2CCOCC2)cc1. The first-order valence-electron chi connectivity index (χ1n) is 5.78. The van der Waals surface area contributed by atoms with Gasteiger partial charge in [-0.3, -0.25) is 0 Å². The molecule has 2 rings (SSSR count). The summed E-state index contributed by atoms with van der Waals surface area (Å²) < 4.78 is 31.2. The maximum atomic E-state index is 12.3. The number of nitrogens with two attached hydrogens (primary N) is 2. The molecule has 0 amide bonds. The quantitative estimate of drug-likeness (QED) is 0.580. The van der Waals surface area contributed by atoms with Crippen LogP contribution >= 0.6 is 0 Å². The van der Waals surface area contributed by atoms with Crippen LogP contribution in [0.1, 0.15) is 0 Å². The minimum atomic E-state index is -3.46. The molecule has 0 unspecified atom stereocenters. The Labute approximate surface area is 111 Å². The fraction of sp³-hybridized carbons (Fsp3) is 0.364. The standard InChI is InChI=1S/C11H16N4O3S/c12-11(13)14-9-1-3-10(4-2-9)19(16,17)15-5-7-18-8-6-15/h1-4H,5-8H2,(H4,12,13,14). The molecule has 19 heavy (non-hydrogen) atoms. The first kappa shape index (κ1) is 13.8. The number of nitrogens with zero attached hydrogens (tertiary/aromatic N) is 2. The van der Waals surface area contributed by atoms with E-state index in [1.807, 2.05) is 0 Å². The molecule has 1 aliphatic heterocycles. The predicted molar refractivity (Wildman–Crippen MR) is 71.5 cm³/mol. The summed E-state index contributed by atoms with van der Waals surface area (Å²) in [6, 6.07) is 6.11. The number of morpholine rings is 1. The Morgan fingerprint density at radius 1 is 1.16 bits per heavy atom. The van der Waals surface area contributed by atoms with Crippen LogP contribution in [0, 0.1) is 0 Å². The van der Waals surface area contributed by atoms with E-state index in [-0.39, 0.29) is 10.9 Å². The fourth-order valence-corrected chi connectivity index (χ4v) is 3.19. The fourth-order valence-electron chi connectivity index (χ4n) is 1.78. The molecule has 0 radical (unpaired) electrons. The normalized spacial score (nSPS) is 17.1. The minimum Gasteiger partial charge on any atom is -0.379 e. The number of guanidine groups is 1. The molecule has 0 bridgehead atoms. The third-order valence-electron chi connectivity index (χ3n) is 2.70. The highest BCUT2D eigenvalue weighted by Gasteiger charge is 2.25. The number of aliphatic imine (C=N–C) groups is 1. The van der Waals surface area contributed by atoms with Crippen LogP contribution < -0.4 is 11.5 Å². The van der Waals surface area contributed by atoms with Gasteiger partial charge in [-0.15, -0.1) is 0 Å². The van der Waals surface area contributed by atoms with Gasteiger partial charge in [-0.05, 0) is 24.3 Å². The Hall–Kier alpha value is -1.64. The Bertz CT molecular complexity index is 558. The van der Waals surface area contributed by atoms with E-state index >= 15 is 0 Å². The Morgan fingerprint density at radius 2 is 1.74 bits per heavy atom. The second kappa shape index (κ2) is 5.55. The largest absolute Gasteiger partial charge is 0.379 e. The van der Waals surface area contributed by atoms with E-state index in [4.69, 9.17) is 16.2 Å². The van der Waals surface area contributed by atoms with Crippen molar-refractivity contribution in [3.63, 3.8) is 0 Å². The van der Waals surface area contributed by atoms with E-state index in [9.17, 15) is 8.42 Å². The first-order valence-corrected chi connectivity index (χ1v) is 7.22. The molecule has 104 valence electrons. The van der Waals surface area contributed by atoms with Crippen LogP contribution in [0.15, 0.2) is 34.2 Å². The molecule has 0 aliphatic carbocycles. The van der Waals surface area contributed by atoms with Crippen LogP contribution in [0.4, 0.5) is 5.69 Å². The van der Waals surface area contributed by atoms with Crippen molar-refractivity contribution in [2.24, 2.45) is 16.5 Å². The van der Waals surface area contributed by atoms with Crippen molar-refractivity contribution in [1.82, 2.24) is 4.31 Å². The number of benzene rings is 1. The van der Waals surface area contributed by atoms with Gasteiger partial charge in [0.25, 0.3) is 0 Å². The van der Waals surface area contributed by atoms with Crippen LogP contribution in [-0.2, 0) is 14.8 Å². The van der Waals surface area contributed by atoms with Crippen LogP contribution in [-0.4, -0.2) is 45.0 Å². The predicted octanol–water partition coefficient (Wildman–Crippen LogP) is -0.388. The summed E-state index contributed by atoms with van der Waals surface area (Å²) in [6.07, 6.45) is 0. The highest BCUT2D eigenvalue weighted by Crippen LogP contribution is 2.20. The number of rotatable bonds is 3. The van der Waals surface area contributed by atoms with Crippen molar-refractivity contribution in [3.05, 3.63) is 24.3 Å². The molecule has 1 saturated heterocycles. The highest BCUT2D eigenvalue weighted by atomic mass is 32.2. The van der Waals surface area contributed by atoms with Crippen molar-refractivity contribution in [1.29, 1.82) is 0 Å². The average molecular weight is 284 g/mol. The van der Waals surface area contributed by atoms with Crippen molar-refractivity contribution in [3.8, 4) is 0 Å². The molecule has 4 N–H and O–H groups in total. The van der Waals surface area contributed by atoms with Gasteiger partial charge in [-0.25, -0.2) is 13.4 Å². The third kappa shape index (κ3) is 3.22. The molecular formula is C11H16N4O3S. The monoisotopic (exact) mass is 284 g/mol. The molecular weight excluding hydrogens is 268 g/mol. The van der Waals surface area contributed by atoms with Gasteiger partial charge in [0, 0.05) is 13.1 Å². The molecule has 7 nitrogen and oxygen atoms in total. The topological polar surface area (TPSA) is 111 Å². The van der Waals surface area contributed by atoms with Gasteiger partial charge in [0.15, 0.2) is 5.96 Å². The van der Waals surface area contributed by atoms with Crippen LogP contribution in [0.3, 0.4) is 0 Å². The summed E-state index contributed by atoms with van der Waals surface area (Å²) in [5.41, 5.74) is 11.0. The summed E-state index contributed by atoms with van der Waals surface area (Å²) in [7, 11) is -3.46. The number of ether oxygens (including phenoxy) is 1. The summed E-state index contributed by atoms with van der Waals surface area (Å²) in [4.78, 5) is 4.06. The van der Waals surface area contributed by atoms with Crippen molar-refractivity contribution in [2.45, 2.75) is 4.90 Å². The lowest BCUT2D eigenvalue weighted by Crippen LogP contribution is -2.40. The van der Waals surface area contributed by atoms with Gasteiger partial charge < -0.3 is 16.2 Å². The van der Waals surface area contributed by atoms with Crippen molar-refractivity contribution < 1.29 is 13.2 Å². The zero-order valence-corrected chi connectivity index (χ0v) is 11.1. The van der Waals surface area contributed by atoms with E-state index in [2.05, 4.69) is 4.99 Å². The minimum absolute atomic E-state index is 0.0659. The Morgan fingerprint density at radius 3 is 2.26 bits per heavy atom. The summed E-state index contributed by atoms with van der Waals surface area (Å²) >= 11 is 0. The van der Waals surface area contributed by atoms with Crippen LogP contribution in [0.2, 0.25) is 0 Å². The van der Waals surface area contributed by atoms with E-state index in [0.29, 0.717) is 32.0 Å². The highest BCUT2D eigenvalue weighted by molar-refractivity contribution is 7.89. The zero-order chi connectivity index (χ0) is 13.9. The van der Waals surface area contributed by atoms with E-state index in [0.717, 1.165) is 0 Å². The van der Waals surface area contributed by atoms with Gasteiger partial charge in [0.2, 0.25) is 10.0 Å². The Balaban J connectivity index is 2.23. The van der Waals surface area contributed by atoms with Gasteiger partial charge in [0.1, 0.15) is 0 Å². The number of sulfonamides is 1. The van der Waals surface area contributed by atoms with Crippen molar-refractivity contribution >= 4 is 21.7 Å². The maximum absolute atomic E-state index is 12.3. The maximum Gasteiger partial charge on any atom is 0.243 e. The van der Waals surface area contributed by atoms with E-state index < -0.39 is 10.0 Å². The van der Waals surface area contributed by atoms with Crippen molar-refractivity contribution in [2.75, 3.05) is 26.3 Å². The zero-order valence-electron chi connectivity index (χ0n) is 10.3. The lowest BCUT2D eigenvalue weighted by atomic mass is 10.3. The molecule has 1 aromatic rings. The molecule has 0 atom stereocenters. The lowest BCUT2D eigenvalue weighted by molar-refractivity contribution is 0.0730. The number of hydrogen-bond acceptors (Lipinski definition) is 4. The van der Waals surface area contributed by atoms with E-state index in [1.54, 1.807) is 12.1 Å². The van der Waals surface area contributed by atoms with Gasteiger partial charge >= 0.3 is 0 Å². The summed E-state index contributed by atoms with van der Waals surface area (Å²) in [5.74, 6) is -0.0659. The van der Waals surface area contributed by atoms with Gasteiger partial charge in [0.05, 0.1) is 23.8 Å². The third-order valence-corrected chi connectivity index (χ3v) is 4.62. The lowest BCUT2D eigenvalue weighted by Gasteiger charge is -2.26. The van der Waals surface area contributed by atoms with Crippen LogP contribution in [0.5, 0.6) is 0 Å². The molecule has 1 aliphatic rings. The summed E-state index contributed by atoms with van der Waals surface area (Å²) in [6.45, 7) is 1.59. The number of hydrogen-bond donors (Lipinski definition) is 2. The average Bonchev–Trinajstić information content (AvgIpc) is 2.40. The van der Waals surface area contributed by atoms with E-state index in [1.165, 1.54) is 16.4 Å². The van der Waals surface area contributed by atoms with Crippen LogP contribution in [0.25, 0.3) is 0 Å². The van der Waals surface area contributed by atoms with Gasteiger partial charge in [-0.2, -0.15) is 4.31 Å². The molecule has 1 heterocycles. The summed E-state index contributed by atoms with van der Waals surface area (Å²) in [5, 5.41) is 0. The smallest absolute Gasteiger partial charge is 0.243 e. The second-order valence-electron chi connectivity index (χ2n) is 4.05. The second-order valence-corrected chi connectivity index (χ2v) is 5.98. The molecule has 8 heteroatoms. The van der Waals surface area contributed by atoms with Gasteiger partial charge in [-0.1, -0.05) is 0 Å². The molecule has 0 aromatic heterocycles. The molecule has 0 spiro atoms. The first-order chi connectivity index (χ1) is 9.00. The molecule has 1 aromatic carbocycles. The Kier molecular flexibility index (Phi) is 4.03.